The maximum atomic E-state index is 13.0. The molecular weight excluding hydrogens is 281 g/mol. The summed E-state index contributed by atoms with van der Waals surface area (Å²) in [6.07, 6.45) is 1.38. The van der Waals surface area contributed by atoms with Crippen molar-refractivity contribution in [1.82, 2.24) is 4.98 Å². The number of nitrogens with two attached hydrogens (primary N) is 1. The van der Waals surface area contributed by atoms with Gasteiger partial charge in [-0.25, -0.2) is 17.8 Å². The second kappa shape index (κ2) is 5.09. The molecule has 106 valence electrons. The van der Waals surface area contributed by atoms with E-state index in [9.17, 15) is 12.8 Å². The Morgan fingerprint density at radius 1 is 1.20 bits per heavy atom. The molecule has 0 aliphatic rings. The molecule has 1 aromatic carbocycles. The van der Waals surface area contributed by atoms with Gasteiger partial charge in [0.15, 0.2) is 0 Å². The Morgan fingerprint density at radius 2 is 1.90 bits per heavy atom. The van der Waals surface area contributed by atoms with Crippen molar-refractivity contribution in [2.45, 2.75) is 18.7 Å². The largest absolute Gasteiger partial charge is 0.397 e. The van der Waals surface area contributed by atoms with Gasteiger partial charge < -0.3 is 5.73 Å². The van der Waals surface area contributed by atoms with Crippen molar-refractivity contribution in [1.29, 1.82) is 0 Å². The van der Waals surface area contributed by atoms with Crippen molar-refractivity contribution in [3.05, 3.63) is 47.4 Å². The fourth-order valence-corrected chi connectivity index (χ4v) is 2.96. The highest BCUT2D eigenvalue weighted by atomic mass is 32.2. The van der Waals surface area contributed by atoms with Gasteiger partial charge in [-0.15, -0.1) is 0 Å². The van der Waals surface area contributed by atoms with E-state index in [0.717, 1.165) is 12.1 Å². The van der Waals surface area contributed by atoms with Crippen LogP contribution in [0.4, 0.5) is 15.9 Å². The minimum absolute atomic E-state index is 0.00942. The van der Waals surface area contributed by atoms with Crippen molar-refractivity contribution < 1.29 is 12.8 Å². The molecule has 1 aromatic heterocycles. The van der Waals surface area contributed by atoms with Crippen LogP contribution in [0.15, 0.2) is 35.4 Å². The average Bonchev–Trinajstić information content (AvgIpc) is 2.33. The number of pyridine rings is 1. The van der Waals surface area contributed by atoms with Gasteiger partial charge in [-0.2, -0.15) is 0 Å². The van der Waals surface area contributed by atoms with Gasteiger partial charge in [0.1, 0.15) is 11.6 Å². The highest BCUT2D eigenvalue weighted by molar-refractivity contribution is 7.92. The van der Waals surface area contributed by atoms with Crippen LogP contribution in [-0.2, 0) is 10.0 Å². The van der Waals surface area contributed by atoms with Crippen LogP contribution in [0.2, 0.25) is 0 Å². The molecule has 0 fully saturated rings. The van der Waals surface area contributed by atoms with Crippen LogP contribution in [0.5, 0.6) is 0 Å². The number of rotatable bonds is 3. The first kappa shape index (κ1) is 14.3. The Bertz CT molecular complexity index is 760. The van der Waals surface area contributed by atoms with Gasteiger partial charge >= 0.3 is 0 Å². The second-order valence-corrected chi connectivity index (χ2v) is 6.09. The molecule has 0 spiro atoms. The molecule has 0 unspecified atom stereocenters. The number of nitrogens with one attached hydrogen (secondary N) is 1. The van der Waals surface area contributed by atoms with Crippen molar-refractivity contribution >= 4 is 21.5 Å². The standard InChI is InChI=1S/C13H14FN3O2S/c1-8-6-13(16-7-11(8)15)17-20(18,19)12-4-3-10(14)5-9(12)2/h3-7H,15H2,1-2H3,(H,16,17). The van der Waals surface area contributed by atoms with Crippen molar-refractivity contribution in [3.8, 4) is 0 Å². The van der Waals surface area contributed by atoms with E-state index < -0.39 is 15.8 Å². The quantitative estimate of drug-likeness (QED) is 0.909. The summed E-state index contributed by atoms with van der Waals surface area (Å²) in [6, 6.07) is 5.02. The van der Waals surface area contributed by atoms with Gasteiger partial charge in [-0.1, -0.05) is 0 Å². The summed E-state index contributed by atoms with van der Waals surface area (Å²) in [7, 11) is -3.81. The number of anilines is 2. The smallest absolute Gasteiger partial charge is 0.263 e. The number of aryl methyl sites for hydroxylation is 2. The lowest BCUT2D eigenvalue weighted by Crippen LogP contribution is -2.15. The number of hydrogen-bond acceptors (Lipinski definition) is 4. The molecule has 2 rings (SSSR count). The highest BCUT2D eigenvalue weighted by Crippen LogP contribution is 2.20. The number of halogens is 1. The number of hydrogen-bond donors (Lipinski definition) is 2. The fraction of sp³-hybridized carbons (Fsp3) is 0.154. The Kier molecular flexibility index (Phi) is 3.63. The molecule has 0 saturated carbocycles. The number of nitrogens with zero attached hydrogens (tertiary/aromatic N) is 1. The summed E-state index contributed by atoms with van der Waals surface area (Å²) >= 11 is 0. The maximum absolute atomic E-state index is 13.0. The molecule has 0 saturated heterocycles. The van der Waals surface area contributed by atoms with Crippen LogP contribution in [0.1, 0.15) is 11.1 Å². The second-order valence-electron chi connectivity index (χ2n) is 4.44. The maximum Gasteiger partial charge on any atom is 0.263 e. The van der Waals surface area contributed by atoms with Gasteiger partial charge in [0.25, 0.3) is 10.0 Å². The van der Waals surface area contributed by atoms with E-state index in [0.29, 0.717) is 16.8 Å². The van der Waals surface area contributed by atoms with E-state index in [4.69, 9.17) is 5.73 Å². The van der Waals surface area contributed by atoms with Gasteiger partial charge in [-0.3, -0.25) is 4.72 Å². The average molecular weight is 295 g/mol. The number of sulfonamides is 1. The summed E-state index contributed by atoms with van der Waals surface area (Å²) < 4.78 is 39.8. The first-order valence-corrected chi connectivity index (χ1v) is 7.29. The van der Waals surface area contributed by atoms with E-state index in [-0.39, 0.29) is 10.7 Å². The summed E-state index contributed by atoms with van der Waals surface area (Å²) in [6.45, 7) is 3.28. The zero-order valence-electron chi connectivity index (χ0n) is 11.0. The molecule has 0 aliphatic carbocycles. The van der Waals surface area contributed by atoms with Gasteiger partial charge in [0.05, 0.1) is 16.8 Å². The molecule has 0 radical (unpaired) electrons. The topological polar surface area (TPSA) is 85.1 Å². The van der Waals surface area contributed by atoms with Crippen molar-refractivity contribution in [3.63, 3.8) is 0 Å². The third kappa shape index (κ3) is 2.88. The van der Waals surface area contributed by atoms with Crippen molar-refractivity contribution in [2.75, 3.05) is 10.5 Å². The number of benzene rings is 1. The van der Waals surface area contributed by atoms with Gasteiger partial charge in [0.2, 0.25) is 0 Å². The van der Waals surface area contributed by atoms with E-state index >= 15 is 0 Å². The number of aromatic nitrogens is 1. The fourth-order valence-electron chi connectivity index (χ4n) is 1.73. The summed E-state index contributed by atoms with van der Waals surface area (Å²) in [5.41, 5.74) is 7.14. The monoisotopic (exact) mass is 295 g/mol. The van der Waals surface area contributed by atoms with E-state index in [1.807, 2.05) is 0 Å². The molecule has 0 bridgehead atoms. The zero-order chi connectivity index (χ0) is 14.9. The minimum atomic E-state index is -3.81. The molecule has 0 aliphatic heterocycles. The van der Waals surface area contributed by atoms with Crippen LogP contribution >= 0.6 is 0 Å². The molecule has 20 heavy (non-hydrogen) atoms. The molecule has 5 nitrogen and oxygen atoms in total. The molecule has 2 aromatic rings. The molecular formula is C13H14FN3O2S. The Balaban J connectivity index is 2.38. The normalized spacial score (nSPS) is 11.3. The summed E-state index contributed by atoms with van der Waals surface area (Å²) in [5.74, 6) is -0.316. The Hall–Kier alpha value is -2.15. The number of nitrogen functional groups attached to an aromatic ring is 1. The van der Waals surface area contributed by atoms with Crippen molar-refractivity contribution in [2.24, 2.45) is 0 Å². The Labute approximate surface area is 116 Å². The summed E-state index contributed by atoms with van der Waals surface area (Å²) in [4.78, 5) is 3.92. The van der Waals surface area contributed by atoms with Crippen LogP contribution in [0, 0.1) is 19.7 Å². The molecule has 0 amide bonds. The lowest BCUT2D eigenvalue weighted by molar-refractivity contribution is 0.598. The van der Waals surface area contributed by atoms with E-state index in [1.165, 1.54) is 25.3 Å². The minimum Gasteiger partial charge on any atom is -0.397 e. The third-order valence-electron chi connectivity index (χ3n) is 2.82. The van der Waals surface area contributed by atoms with Crippen LogP contribution in [-0.4, -0.2) is 13.4 Å². The lowest BCUT2D eigenvalue weighted by atomic mass is 10.2. The molecule has 1 heterocycles. The SMILES string of the molecule is Cc1cc(NS(=O)(=O)c2ccc(F)cc2C)ncc1N. The zero-order valence-corrected chi connectivity index (χ0v) is 11.8. The molecule has 7 heteroatoms. The molecule has 3 N–H and O–H groups in total. The van der Waals surface area contributed by atoms with Crippen LogP contribution < -0.4 is 10.5 Å². The predicted molar refractivity (Wildman–Crippen MR) is 75.3 cm³/mol. The van der Waals surface area contributed by atoms with Crippen LogP contribution in [0.3, 0.4) is 0 Å². The predicted octanol–water partition coefficient (Wildman–Crippen LogP) is 2.22. The third-order valence-corrected chi connectivity index (χ3v) is 4.33. The summed E-state index contributed by atoms with van der Waals surface area (Å²) in [5, 5.41) is 0. The van der Waals surface area contributed by atoms with E-state index in [2.05, 4.69) is 9.71 Å². The van der Waals surface area contributed by atoms with E-state index in [1.54, 1.807) is 6.92 Å². The van der Waals surface area contributed by atoms with Gasteiger partial charge in [0, 0.05) is 0 Å². The first-order chi connectivity index (χ1) is 9.29. The first-order valence-electron chi connectivity index (χ1n) is 5.81. The molecule has 0 atom stereocenters. The van der Waals surface area contributed by atoms with Crippen LogP contribution in [0.25, 0.3) is 0 Å². The van der Waals surface area contributed by atoms with Gasteiger partial charge in [-0.05, 0) is 49.2 Å². The lowest BCUT2D eigenvalue weighted by Gasteiger charge is -2.10. The highest BCUT2D eigenvalue weighted by Gasteiger charge is 2.18. The Morgan fingerprint density at radius 3 is 2.50 bits per heavy atom.